The lowest BCUT2D eigenvalue weighted by atomic mass is 10.1. The number of aryl methyl sites for hydroxylation is 1. The van der Waals surface area contributed by atoms with Crippen molar-refractivity contribution in [2.75, 3.05) is 0 Å². The molecule has 0 amide bonds. The van der Waals surface area contributed by atoms with Crippen molar-refractivity contribution in [3.8, 4) is 29.0 Å². The van der Waals surface area contributed by atoms with Crippen molar-refractivity contribution in [3.63, 3.8) is 0 Å². The van der Waals surface area contributed by atoms with Crippen LogP contribution in [0.2, 0.25) is 0 Å². The van der Waals surface area contributed by atoms with Gasteiger partial charge in [-0.05, 0) is 36.8 Å². The van der Waals surface area contributed by atoms with Crippen LogP contribution >= 0.6 is 0 Å². The summed E-state index contributed by atoms with van der Waals surface area (Å²) in [5, 5.41) is 12.6. The Kier molecular flexibility index (Phi) is 2.80. The van der Waals surface area contributed by atoms with Crippen LogP contribution < -0.4 is 0 Å². The number of nitrogens with one attached hydrogen (secondary N) is 1. The maximum atomic E-state index is 13.1. The third-order valence-corrected chi connectivity index (χ3v) is 2.90. The van der Waals surface area contributed by atoms with Crippen LogP contribution in [0.15, 0.2) is 35.0 Å². The molecule has 20 heavy (non-hydrogen) atoms. The summed E-state index contributed by atoms with van der Waals surface area (Å²) in [7, 11) is 0. The number of H-pyrrole nitrogens is 1. The van der Waals surface area contributed by atoms with Crippen LogP contribution in [0.3, 0.4) is 0 Å². The molecule has 0 bridgehead atoms. The van der Waals surface area contributed by atoms with Crippen molar-refractivity contribution in [1.29, 1.82) is 5.26 Å². The fourth-order valence-corrected chi connectivity index (χ4v) is 1.90. The molecule has 0 unspecified atom stereocenters. The van der Waals surface area contributed by atoms with Crippen LogP contribution in [-0.4, -0.2) is 15.1 Å². The number of aromatic nitrogens is 3. The number of hydrogen-bond donors (Lipinski definition) is 1. The molecule has 2 heterocycles. The zero-order valence-electron chi connectivity index (χ0n) is 10.5. The summed E-state index contributed by atoms with van der Waals surface area (Å²) in [5.74, 6) is 0.355. The Morgan fingerprint density at radius 1 is 1.35 bits per heavy atom. The molecule has 98 valence electrons. The van der Waals surface area contributed by atoms with Crippen LogP contribution in [0.4, 0.5) is 4.39 Å². The van der Waals surface area contributed by atoms with E-state index in [-0.39, 0.29) is 11.7 Å². The van der Waals surface area contributed by atoms with Crippen LogP contribution in [0.1, 0.15) is 11.1 Å². The maximum Gasteiger partial charge on any atom is 0.274 e. The molecule has 1 aromatic carbocycles. The molecule has 0 radical (unpaired) electrons. The quantitative estimate of drug-likeness (QED) is 0.774. The summed E-state index contributed by atoms with van der Waals surface area (Å²) in [6, 6.07) is 7.99. The van der Waals surface area contributed by atoms with E-state index in [1.54, 1.807) is 25.3 Å². The third-order valence-electron chi connectivity index (χ3n) is 2.90. The number of aromatic amines is 1. The van der Waals surface area contributed by atoms with E-state index in [0.29, 0.717) is 22.6 Å². The molecule has 3 rings (SSSR count). The molecule has 0 aliphatic rings. The average Bonchev–Trinajstić information content (AvgIpc) is 3.07. The number of nitrogens with zero attached hydrogens (tertiary/aromatic N) is 3. The highest BCUT2D eigenvalue weighted by Crippen LogP contribution is 2.24. The molecule has 0 saturated carbocycles. The van der Waals surface area contributed by atoms with Crippen molar-refractivity contribution in [3.05, 3.63) is 47.4 Å². The highest BCUT2D eigenvalue weighted by molar-refractivity contribution is 5.62. The van der Waals surface area contributed by atoms with E-state index < -0.39 is 0 Å². The molecule has 0 atom stereocenters. The molecule has 0 aliphatic carbocycles. The third kappa shape index (κ3) is 2.06. The van der Waals surface area contributed by atoms with Gasteiger partial charge in [0.2, 0.25) is 5.82 Å². The van der Waals surface area contributed by atoms with Crippen molar-refractivity contribution < 1.29 is 8.91 Å². The fourth-order valence-electron chi connectivity index (χ4n) is 1.90. The summed E-state index contributed by atoms with van der Waals surface area (Å²) in [5.41, 5.74) is 2.48. The molecule has 5 nitrogen and oxygen atoms in total. The van der Waals surface area contributed by atoms with E-state index in [2.05, 4.69) is 15.1 Å². The lowest BCUT2D eigenvalue weighted by Gasteiger charge is -1.99. The van der Waals surface area contributed by atoms with Crippen LogP contribution in [0.5, 0.6) is 0 Å². The van der Waals surface area contributed by atoms with E-state index >= 15 is 0 Å². The topological polar surface area (TPSA) is 78.5 Å². The minimum atomic E-state index is -0.307. The molecular formula is C14H9FN4O. The maximum absolute atomic E-state index is 13.1. The van der Waals surface area contributed by atoms with Gasteiger partial charge < -0.3 is 9.51 Å². The first-order valence-electron chi connectivity index (χ1n) is 5.86. The fraction of sp³-hybridized carbons (Fsp3) is 0.0714. The van der Waals surface area contributed by atoms with Crippen LogP contribution in [0.25, 0.3) is 23.0 Å². The van der Waals surface area contributed by atoms with E-state index in [0.717, 1.165) is 5.56 Å². The Hall–Kier alpha value is -2.94. The highest BCUT2D eigenvalue weighted by Gasteiger charge is 2.14. The van der Waals surface area contributed by atoms with Gasteiger partial charge in [0.15, 0.2) is 0 Å². The Morgan fingerprint density at radius 2 is 2.20 bits per heavy atom. The zero-order valence-corrected chi connectivity index (χ0v) is 10.5. The van der Waals surface area contributed by atoms with Gasteiger partial charge in [0.1, 0.15) is 17.6 Å². The van der Waals surface area contributed by atoms with Gasteiger partial charge >= 0.3 is 0 Å². The Morgan fingerprint density at radius 3 is 2.90 bits per heavy atom. The predicted molar refractivity (Wildman–Crippen MR) is 68.9 cm³/mol. The Bertz CT molecular complexity index is 813. The summed E-state index contributed by atoms with van der Waals surface area (Å²) in [6.07, 6.45) is 1.56. The highest BCUT2D eigenvalue weighted by atomic mass is 19.1. The van der Waals surface area contributed by atoms with Gasteiger partial charge in [-0.25, -0.2) is 4.39 Å². The van der Waals surface area contributed by atoms with E-state index in [1.807, 2.05) is 6.07 Å². The molecule has 6 heteroatoms. The van der Waals surface area contributed by atoms with Crippen LogP contribution in [0, 0.1) is 24.1 Å². The standard InChI is InChI=1S/C14H9FN4O/c1-8-4-10(15)2-3-11(8)13-18-14(20-19-13)12-5-9(6-16)7-17-12/h2-5,7,17H,1H3. The molecule has 0 saturated heterocycles. The van der Waals surface area contributed by atoms with Crippen molar-refractivity contribution >= 4 is 0 Å². The van der Waals surface area contributed by atoms with Gasteiger partial charge in [-0.2, -0.15) is 10.2 Å². The first kappa shape index (κ1) is 12.1. The van der Waals surface area contributed by atoms with E-state index in [4.69, 9.17) is 9.78 Å². The second kappa shape index (κ2) is 4.63. The minimum absolute atomic E-state index is 0.283. The van der Waals surface area contributed by atoms with Crippen molar-refractivity contribution in [2.24, 2.45) is 0 Å². The van der Waals surface area contributed by atoms with Gasteiger partial charge in [-0.1, -0.05) is 5.16 Å². The number of rotatable bonds is 2. The lowest BCUT2D eigenvalue weighted by molar-refractivity contribution is 0.431. The molecule has 2 aromatic heterocycles. The number of halogens is 1. The first-order chi connectivity index (χ1) is 9.67. The van der Waals surface area contributed by atoms with Gasteiger partial charge in [-0.15, -0.1) is 0 Å². The molecule has 3 aromatic rings. The molecule has 0 fully saturated rings. The number of nitriles is 1. The van der Waals surface area contributed by atoms with Crippen molar-refractivity contribution in [1.82, 2.24) is 15.1 Å². The average molecular weight is 268 g/mol. The summed E-state index contributed by atoms with van der Waals surface area (Å²) in [6.45, 7) is 1.77. The van der Waals surface area contributed by atoms with Gasteiger partial charge in [0.25, 0.3) is 5.89 Å². The monoisotopic (exact) mass is 268 g/mol. The smallest absolute Gasteiger partial charge is 0.274 e. The second-order valence-corrected chi connectivity index (χ2v) is 4.30. The second-order valence-electron chi connectivity index (χ2n) is 4.30. The molecule has 0 aliphatic heterocycles. The lowest BCUT2D eigenvalue weighted by Crippen LogP contribution is -1.87. The largest absolute Gasteiger partial charge is 0.356 e. The summed E-state index contributed by atoms with van der Waals surface area (Å²) in [4.78, 5) is 7.13. The van der Waals surface area contributed by atoms with Gasteiger partial charge in [-0.3, -0.25) is 0 Å². The van der Waals surface area contributed by atoms with E-state index in [9.17, 15) is 4.39 Å². The number of benzene rings is 1. The normalized spacial score (nSPS) is 10.4. The van der Waals surface area contributed by atoms with Gasteiger partial charge in [0.05, 0.1) is 5.56 Å². The zero-order chi connectivity index (χ0) is 14.1. The van der Waals surface area contributed by atoms with Crippen LogP contribution in [-0.2, 0) is 0 Å². The molecule has 0 spiro atoms. The number of hydrogen-bond acceptors (Lipinski definition) is 4. The Labute approximate surface area is 113 Å². The Balaban J connectivity index is 2.00. The molecule has 1 N–H and O–H groups in total. The minimum Gasteiger partial charge on any atom is -0.356 e. The first-order valence-corrected chi connectivity index (χ1v) is 5.86. The summed E-state index contributed by atoms with van der Waals surface area (Å²) >= 11 is 0. The van der Waals surface area contributed by atoms with Crippen molar-refractivity contribution in [2.45, 2.75) is 6.92 Å². The molecular weight excluding hydrogens is 259 g/mol. The van der Waals surface area contributed by atoms with E-state index in [1.165, 1.54) is 12.1 Å². The van der Waals surface area contributed by atoms with Gasteiger partial charge in [0, 0.05) is 11.8 Å². The predicted octanol–water partition coefficient (Wildman–Crippen LogP) is 3.05. The SMILES string of the molecule is Cc1cc(F)ccc1-c1noc(-c2cc(C#N)c[nH]2)n1. The summed E-state index contributed by atoms with van der Waals surface area (Å²) < 4.78 is 18.2.